The molecule has 1 saturated heterocycles. The fourth-order valence-corrected chi connectivity index (χ4v) is 3.11. The van der Waals surface area contributed by atoms with Gasteiger partial charge >= 0.3 is 5.97 Å². The van der Waals surface area contributed by atoms with Gasteiger partial charge in [0.15, 0.2) is 0 Å². The van der Waals surface area contributed by atoms with Gasteiger partial charge in [-0.3, -0.25) is 14.5 Å². The Morgan fingerprint density at radius 1 is 1.52 bits per heavy atom. The Bertz CT molecular complexity index is 556. The number of nitrogens with zero attached hydrogens (tertiary/aromatic N) is 2. The van der Waals surface area contributed by atoms with Gasteiger partial charge in [-0.1, -0.05) is 0 Å². The zero-order valence-corrected chi connectivity index (χ0v) is 12.6. The minimum atomic E-state index is -0.170. The van der Waals surface area contributed by atoms with Gasteiger partial charge in [-0.15, -0.1) is 11.3 Å². The second-order valence-electron chi connectivity index (χ2n) is 4.90. The van der Waals surface area contributed by atoms with Gasteiger partial charge in [0.1, 0.15) is 11.1 Å². The molecular weight excluding hydrogens is 290 g/mol. The van der Waals surface area contributed by atoms with E-state index < -0.39 is 0 Å². The average molecular weight is 307 g/mol. The first-order valence-electron chi connectivity index (χ1n) is 6.71. The van der Waals surface area contributed by atoms with Crippen LogP contribution >= 0.6 is 11.3 Å². The van der Waals surface area contributed by atoms with Crippen molar-refractivity contribution in [1.82, 2.24) is 4.90 Å². The predicted octanol–water partition coefficient (Wildman–Crippen LogP) is 1.44. The number of rotatable bonds is 4. The van der Waals surface area contributed by atoms with Gasteiger partial charge < -0.3 is 10.1 Å². The molecule has 6 nitrogen and oxygen atoms in total. The Hall–Kier alpha value is -1.91. The topological polar surface area (TPSA) is 82.4 Å². The Labute approximate surface area is 127 Å². The van der Waals surface area contributed by atoms with E-state index in [0.29, 0.717) is 36.5 Å². The summed E-state index contributed by atoms with van der Waals surface area (Å²) in [5, 5.41) is 14.0. The van der Waals surface area contributed by atoms with Crippen LogP contribution in [0.3, 0.4) is 0 Å². The van der Waals surface area contributed by atoms with Gasteiger partial charge in [0, 0.05) is 0 Å². The second-order valence-corrected chi connectivity index (χ2v) is 5.81. The molecule has 0 radical (unpaired) electrons. The molecule has 0 bridgehead atoms. The van der Waals surface area contributed by atoms with Crippen molar-refractivity contribution in [2.45, 2.75) is 12.8 Å². The number of ether oxygens (including phenoxy) is 1. The molecule has 1 amide bonds. The van der Waals surface area contributed by atoms with Crippen LogP contribution in [0.4, 0.5) is 5.00 Å². The highest BCUT2D eigenvalue weighted by atomic mass is 32.1. The molecule has 1 fully saturated rings. The zero-order chi connectivity index (χ0) is 15.2. The molecule has 7 heteroatoms. The summed E-state index contributed by atoms with van der Waals surface area (Å²) < 4.78 is 4.74. The van der Waals surface area contributed by atoms with Crippen LogP contribution in [0, 0.1) is 17.2 Å². The maximum Gasteiger partial charge on any atom is 0.308 e. The molecule has 0 atom stereocenters. The van der Waals surface area contributed by atoms with Crippen molar-refractivity contribution in [3.8, 4) is 6.07 Å². The van der Waals surface area contributed by atoms with Crippen molar-refractivity contribution in [3.63, 3.8) is 0 Å². The maximum absolute atomic E-state index is 12.0. The number of piperidine rings is 1. The van der Waals surface area contributed by atoms with Crippen LogP contribution in [0.5, 0.6) is 0 Å². The third-order valence-electron chi connectivity index (χ3n) is 3.53. The molecule has 1 aliphatic rings. The van der Waals surface area contributed by atoms with E-state index in [9.17, 15) is 9.59 Å². The highest BCUT2D eigenvalue weighted by molar-refractivity contribution is 7.14. The molecule has 0 unspecified atom stereocenters. The summed E-state index contributed by atoms with van der Waals surface area (Å²) in [6.45, 7) is 1.67. The predicted molar refractivity (Wildman–Crippen MR) is 78.8 cm³/mol. The number of nitrogens with one attached hydrogen (secondary N) is 1. The Morgan fingerprint density at radius 2 is 2.24 bits per heavy atom. The monoisotopic (exact) mass is 307 g/mol. The van der Waals surface area contributed by atoms with Crippen molar-refractivity contribution in [2.75, 3.05) is 32.1 Å². The fourth-order valence-electron chi connectivity index (χ4n) is 2.36. The smallest absolute Gasteiger partial charge is 0.308 e. The average Bonchev–Trinajstić information content (AvgIpc) is 2.94. The number of carbonyl (C=O) groups is 2. The van der Waals surface area contributed by atoms with E-state index in [1.807, 2.05) is 11.0 Å². The first-order valence-corrected chi connectivity index (χ1v) is 7.59. The summed E-state index contributed by atoms with van der Waals surface area (Å²) in [5.74, 6) is -0.362. The number of nitriles is 1. The summed E-state index contributed by atoms with van der Waals surface area (Å²) >= 11 is 1.34. The highest BCUT2D eigenvalue weighted by Gasteiger charge is 2.26. The van der Waals surface area contributed by atoms with Gasteiger partial charge in [0.2, 0.25) is 5.91 Å². The lowest BCUT2D eigenvalue weighted by molar-refractivity contribution is -0.147. The van der Waals surface area contributed by atoms with Crippen LogP contribution in [-0.2, 0) is 14.3 Å². The van der Waals surface area contributed by atoms with Crippen molar-refractivity contribution >= 4 is 28.2 Å². The lowest BCUT2D eigenvalue weighted by Gasteiger charge is -2.29. The van der Waals surface area contributed by atoms with Crippen molar-refractivity contribution < 1.29 is 14.3 Å². The van der Waals surface area contributed by atoms with Crippen LogP contribution in [0.25, 0.3) is 0 Å². The minimum absolute atomic E-state index is 0.0585. The number of likely N-dealkylation sites (tertiary alicyclic amines) is 1. The van der Waals surface area contributed by atoms with E-state index in [0.717, 1.165) is 0 Å². The third kappa shape index (κ3) is 4.03. The minimum Gasteiger partial charge on any atom is -0.469 e. The van der Waals surface area contributed by atoms with Gasteiger partial charge in [-0.25, -0.2) is 0 Å². The van der Waals surface area contributed by atoms with Crippen molar-refractivity contribution in [3.05, 3.63) is 17.0 Å². The van der Waals surface area contributed by atoms with E-state index in [4.69, 9.17) is 10.00 Å². The maximum atomic E-state index is 12.0. The summed E-state index contributed by atoms with van der Waals surface area (Å²) in [7, 11) is 1.40. The van der Waals surface area contributed by atoms with E-state index in [1.54, 1.807) is 11.4 Å². The number of esters is 1. The first kappa shape index (κ1) is 15.5. The SMILES string of the molecule is COC(=O)C1CCN(CC(=O)Nc2sccc2C#N)CC1. The van der Waals surface area contributed by atoms with Crippen LogP contribution in [-0.4, -0.2) is 43.5 Å². The molecule has 0 aromatic carbocycles. The lowest BCUT2D eigenvalue weighted by Crippen LogP contribution is -2.41. The molecule has 1 aliphatic heterocycles. The molecule has 1 aromatic rings. The Morgan fingerprint density at radius 3 is 2.86 bits per heavy atom. The van der Waals surface area contributed by atoms with Crippen molar-refractivity contribution in [1.29, 1.82) is 5.26 Å². The molecular formula is C14H17N3O3S. The highest BCUT2D eigenvalue weighted by Crippen LogP contribution is 2.22. The number of hydrogen-bond acceptors (Lipinski definition) is 6. The summed E-state index contributed by atoms with van der Waals surface area (Å²) in [5.41, 5.74) is 0.484. The number of hydrogen-bond donors (Lipinski definition) is 1. The molecule has 112 valence electrons. The molecule has 0 spiro atoms. The molecule has 21 heavy (non-hydrogen) atoms. The summed E-state index contributed by atoms with van der Waals surface area (Å²) in [4.78, 5) is 25.4. The van der Waals surface area contributed by atoms with E-state index in [2.05, 4.69) is 5.32 Å². The van der Waals surface area contributed by atoms with Gasteiger partial charge in [-0.2, -0.15) is 5.26 Å². The molecule has 1 aromatic heterocycles. The van der Waals surface area contributed by atoms with Gasteiger partial charge in [0.25, 0.3) is 0 Å². The molecule has 0 saturated carbocycles. The van der Waals surface area contributed by atoms with Crippen LogP contribution < -0.4 is 5.32 Å². The standard InChI is InChI=1S/C14H17N3O3S/c1-20-14(19)10-2-5-17(6-3-10)9-12(18)16-13-11(8-15)4-7-21-13/h4,7,10H,2-3,5-6,9H2,1H3,(H,16,18). The normalized spacial score (nSPS) is 16.2. The Kier molecular flexibility index (Phi) is 5.31. The van der Waals surface area contributed by atoms with E-state index >= 15 is 0 Å². The number of amides is 1. The summed E-state index contributed by atoms with van der Waals surface area (Å²) in [6.07, 6.45) is 1.42. The van der Waals surface area contributed by atoms with E-state index in [1.165, 1.54) is 18.4 Å². The van der Waals surface area contributed by atoms with Crippen LogP contribution in [0.1, 0.15) is 18.4 Å². The van der Waals surface area contributed by atoms with Crippen LogP contribution in [0.15, 0.2) is 11.4 Å². The van der Waals surface area contributed by atoms with E-state index in [-0.39, 0.29) is 24.3 Å². The number of thiophene rings is 1. The van der Waals surface area contributed by atoms with Crippen LogP contribution in [0.2, 0.25) is 0 Å². The lowest BCUT2D eigenvalue weighted by atomic mass is 9.97. The quantitative estimate of drug-likeness (QED) is 0.851. The number of carbonyl (C=O) groups excluding carboxylic acids is 2. The summed E-state index contributed by atoms with van der Waals surface area (Å²) in [6, 6.07) is 3.72. The first-order chi connectivity index (χ1) is 10.1. The molecule has 0 aliphatic carbocycles. The second kappa shape index (κ2) is 7.20. The molecule has 2 heterocycles. The third-order valence-corrected chi connectivity index (χ3v) is 4.36. The number of anilines is 1. The van der Waals surface area contributed by atoms with Gasteiger partial charge in [-0.05, 0) is 37.4 Å². The molecule has 2 rings (SSSR count). The fraction of sp³-hybridized carbons (Fsp3) is 0.500. The molecule has 1 N–H and O–H groups in total. The van der Waals surface area contributed by atoms with Gasteiger partial charge in [0.05, 0.1) is 25.1 Å². The number of methoxy groups -OCH3 is 1. The Balaban J connectivity index is 1.80. The van der Waals surface area contributed by atoms with Crippen molar-refractivity contribution in [2.24, 2.45) is 5.92 Å². The zero-order valence-electron chi connectivity index (χ0n) is 11.8. The largest absolute Gasteiger partial charge is 0.469 e.